The van der Waals surface area contributed by atoms with Crippen LogP contribution in [0.4, 0.5) is 5.69 Å². The maximum atomic E-state index is 13.2. The van der Waals surface area contributed by atoms with Crippen molar-refractivity contribution in [2.75, 3.05) is 50.8 Å². The van der Waals surface area contributed by atoms with Gasteiger partial charge in [-0.05, 0) is 42.0 Å². The number of ether oxygens (including phenoxy) is 1. The lowest BCUT2D eigenvalue weighted by Gasteiger charge is -2.37. The highest BCUT2D eigenvalue weighted by molar-refractivity contribution is 6.30. The molecule has 1 N–H and O–H groups in total. The number of carbonyl (C=O) groups excluding carboxylic acids is 1. The number of halogens is 1. The molecule has 0 saturated carbocycles. The van der Waals surface area contributed by atoms with E-state index in [1.807, 2.05) is 53.4 Å². The van der Waals surface area contributed by atoms with E-state index in [0.717, 1.165) is 56.2 Å². The molecule has 2 fully saturated rings. The molecule has 0 aliphatic carbocycles. The van der Waals surface area contributed by atoms with Crippen molar-refractivity contribution < 1.29 is 9.53 Å². The molecule has 6 heteroatoms. The lowest BCUT2D eigenvalue weighted by molar-refractivity contribution is 0.0634. The molecule has 142 valence electrons. The van der Waals surface area contributed by atoms with Gasteiger partial charge in [-0.3, -0.25) is 4.79 Å². The molecule has 0 bridgehead atoms. The van der Waals surface area contributed by atoms with Crippen LogP contribution in [0.3, 0.4) is 0 Å². The largest absolute Gasteiger partial charge is 0.378 e. The normalized spacial score (nSPS) is 20.6. The third-order valence-electron chi connectivity index (χ3n) is 5.23. The Morgan fingerprint density at radius 2 is 1.85 bits per heavy atom. The summed E-state index contributed by atoms with van der Waals surface area (Å²) in [4.78, 5) is 17.4. The van der Waals surface area contributed by atoms with Gasteiger partial charge in [-0.15, -0.1) is 0 Å². The zero-order chi connectivity index (χ0) is 18.6. The molecule has 27 heavy (non-hydrogen) atoms. The Balaban J connectivity index is 1.53. The van der Waals surface area contributed by atoms with Crippen molar-refractivity contribution in [1.29, 1.82) is 0 Å². The van der Waals surface area contributed by atoms with Crippen LogP contribution in [0.2, 0.25) is 5.02 Å². The molecule has 0 radical (unpaired) electrons. The van der Waals surface area contributed by atoms with Gasteiger partial charge in [0.2, 0.25) is 0 Å². The topological polar surface area (TPSA) is 44.8 Å². The smallest absolute Gasteiger partial charge is 0.254 e. The molecule has 0 spiro atoms. The quantitative estimate of drug-likeness (QED) is 0.882. The molecule has 2 aromatic rings. The molecule has 1 amide bonds. The standard InChI is InChI=1S/C21H24ClN3O2/c22-18-3-1-2-17(14-18)20-15-23-8-9-25(20)21(26)16-4-6-19(7-5-16)24-10-12-27-13-11-24/h1-7,14,20,23H,8-13,15H2. The molecular formula is C21H24ClN3O2. The second kappa shape index (κ2) is 8.30. The molecule has 5 nitrogen and oxygen atoms in total. The van der Waals surface area contributed by atoms with Gasteiger partial charge in [0.1, 0.15) is 0 Å². The Morgan fingerprint density at radius 3 is 2.59 bits per heavy atom. The number of rotatable bonds is 3. The number of carbonyl (C=O) groups is 1. The van der Waals surface area contributed by atoms with Gasteiger partial charge in [-0.2, -0.15) is 0 Å². The van der Waals surface area contributed by atoms with Crippen LogP contribution in [0.5, 0.6) is 0 Å². The summed E-state index contributed by atoms with van der Waals surface area (Å²) in [6.45, 7) is 5.50. The van der Waals surface area contributed by atoms with Crippen molar-refractivity contribution >= 4 is 23.2 Å². The molecule has 2 aliphatic heterocycles. The number of nitrogens with zero attached hydrogens (tertiary/aromatic N) is 2. The number of nitrogens with one attached hydrogen (secondary N) is 1. The summed E-state index contributed by atoms with van der Waals surface area (Å²) < 4.78 is 5.41. The molecule has 1 atom stereocenters. The van der Waals surface area contributed by atoms with E-state index in [-0.39, 0.29) is 11.9 Å². The molecule has 2 saturated heterocycles. The molecule has 4 rings (SSSR count). The fourth-order valence-corrected chi connectivity index (χ4v) is 3.96. The Hall–Kier alpha value is -2.08. The Morgan fingerprint density at radius 1 is 1.07 bits per heavy atom. The van der Waals surface area contributed by atoms with Crippen LogP contribution >= 0.6 is 11.6 Å². The molecule has 2 heterocycles. The maximum Gasteiger partial charge on any atom is 0.254 e. The summed E-state index contributed by atoms with van der Waals surface area (Å²) in [5, 5.41) is 4.08. The Bertz CT molecular complexity index is 790. The first-order valence-corrected chi connectivity index (χ1v) is 9.80. The fraction of sp³-hybridized carbons (Fsp3) is 0.381. The van der Waals surface area contributed by atoms with Crippen molar-refractivity contribution in [3.05, 3.63) is 64.7 Å². The minimum Gasteiger partial charge on any atom is -0.378 e. The van der Waals surface area contributed by atoms with E-state index in [4.69, 9.17) is 16.3 Å². The van der Waals surface area contributed by atoms with Gasteiger partial charge < -0.3 is 19.9 Å². The third kappa shape index (κ3) is 4.10. The third-order valence-corrected chi connectivity index (χ3v) is 5.46. The van der Waals surface area contributed by atoms with Crippen LogP contribution in [0.15, 0.2) is 48.5 Å². The van der Waals surface area contributed by atoms with Crippen LogP contribution in [0.25, 0.3) is 0 Å². The van der Waals surface area contributed by atoms with Crippen molar-refractivity contribution in [2.24, 2.45) is 0 Å². The van der Waals surface area contributed by atoms with Gasteiger partial charge in [0.25, 0.3) is 5.91 Å². The highest BCUT2D eigenvalue weighted by Gasteiger charge is 2.28. The first-order chi connectivity index (χ1) is 13.2. The van der Waals surface area contributed by atoms with Crippen molar-refractivity contribution in [1.82, 2.24) is 10.2 Å². The number of morpholine rings is 1. The average Bonchev–Trinajstić information content (AvgIpc) is 2.74. The van der Waals surface area contributed by atoms with Gasteiger partial charge in [0.15, 0.2) is 0 Å². The van der Waals surface area contributed by atoms with E-state index < -0.39 is 0 Å². The lowest BCUT2D eigenvalue weighted by Crippen LogP contribution is -2.48. The predicted octanol–water partition coefficient (Wildman–Crippen LogP) is 2.96. The average molecular weight is 386 g/mol. The summed E-state index contributed by atoms with van der Waals surface area (Å²) in [5.41, 5.74) is 2.93. The SMILES string of the molecule is O=C(c1ccc(N2CCOCC2)cc1)N1CCNCC1c1cccc(Cl)c1. The second-order valence-corrected chi connectivity index (χ2v) is 7.36. The van der Waals surface area contributed by atoms with Crippen LogP contribution in [0, 0.1) is 0 Å². The van der Waals surface area contributed by atoms with E-state index in [2.05, 4.69) is 10.2 Å². The van der Waals surface area contributed by atoms with Crippen molar-refractivity contribution in [2.45, 2.75) is 6.04 Å². The van der Waals surface area contributed by atoms with E-state index in [1.165, 1.54) is 0 Å². The minimum atomic E-state index is -0.0103. The van der Waals surface area contributed by atoms with Crippen LogP contribution in [-0.4, -0.2) is 56.7 Å². The number of benzene rings is 2. The first kappa shape index (κ1) is 18.3. The number of hydrogen-bond donors (Lipinski definition) is 1. The Kier molecular flexibility index (Phi) is 5.62. The summed E-state index contributed by atoms with van der Waals surface area (Å²) in [6, 6.07) is 15.7. The number of piperazine rings is 1. The van der Waals surface area contributed by atoms with Gasteiger partial charge in [-0.1, -0.05) is 23.7 Å². The van der Waals surface area contributed by atoms with Crippen LogP contribution < -0.4 is 10.2 Å². The van der Waals surface area contributed by atoms with Crippen LogP contribution in [-0.2, 0) is 4.74 Å². The monoisotopic (exact) mass is 385 g/mol. The minimum absolute atomic E-state index is 0.0103. The second-order valence-electron chi connectivity index (χ2n) is 6.92. The highest BCUT2D eigenvalue weighted by Crippen LogP contribution is 2.27. The predicted molar refractivity (Wildman–Crippen MR) is 108 cm³/mol. The van der Waals surface area contributed by atoms with E-state index in [0.29, 0.717) is 11.6 Å². The van der Waals surface area contributed by atoms with Gasteiger partial charge >= 0.3 is 0 Å². The zero-order valence-corrected chi connectivity index (χ0v) is 16.0. The van der Waals surface area contributed by atoms with E-state index in [9.17, 15) is 4.79 Å². The number of anilines is 1. The molecule has 2 aromatic carbocycles. The first-order valence-electron chi connectivity index (χ1n) is 9.42. The van der Waals surface area contributed by atoms with Crippen molar-refractivity contribution in [3.8, 4) is 0 Å². The summed E-state index contributed by atoms with van der Waals surface area (Å²) >= 11 is 6.16. The molecular weight excluding hydrogens is 362 g/mol. The number of amides is 1. The molecule has 1 unspecified atom stereocenters. The molecule has 0 aromatic heterocycles. The highest BCUT2D eigenvalue weighted by atomic mass is 35.5. The molecule has 2 aliphatic rings. The van der Waals surface area contributed by atoms with Gasteiger partial charge in [0.05, 0.1) is 19.3 Å². The van der Waals surface area contributed by atoms with Crippen molar-refractivity contribution in [3.63, 3.8) is 0 Å². The lowest BCUT2D eigenvalue weighted by atomic mass is 10.0. The zero-order valence-electron chi connectivity index (χ0n) is 15.2. The van der Waals surface area contributed by atoms with Crippen LogP contribution in [0.1, 0.15) is 22.0 Å². The van der Waals surface area contributed by atoms with Gasteiger partial charge in [-0.25, -0.2) is 0 Å². The van der Waals surface area contributed by atoms with E-state index in [1.54, 1.807) is 0 Å². The van der Waals surface area contributed by atoms with E-state index >= 15 is 0 Å². The summed E-state index contributed by atoms with van der Waals surface area (Å²) in [6.07, 6.45) is 0. The van der Waals surface area contributed by atoms with Gasteiger partial charge in [0, 0.05) is 49.0 Å². The summed E-state index contributed by atoms with van der Waals surface area (Å²) in [7, 11) is 0. The number of hydrogen-bond acceptors (Lipinski definition) is 4. The Labute approximate surface area is 164 Å². The summed E-state index contributed by atoms with van der Waals surface area (Å²) in [5.74, 6) is 0.0648. The fourth-order valence-electron chi connectivity index (χ4n) is 3.76. The maximum absolute atomic E-state index is 13.2.